The van der Waals surface area contributed by atoms with Crippen molar-refractivity contribution in [2.45, 2.75) is 25.4 Å². The van der Waals surface area contributed by atoms with Crippen molar-refractivity contribution < 1.29 is 4.79 Å². The highest BCUT2D eigenvalue weighted by atomic mass is 16.2. The number of carbonyl (C=O) groups is 1. The van der Waals surface area contributed by atoms with Gasteiger partial charge < -0.3 is 5.32 Å². The predicted octanol–water partition coefficient (Wildman–Crippen LogP) is 1.65. The lowest BCUT2D eigenvalue weighted by molar-refractivity contribution is -0.116. The number of nitrogens with zero attached hydrogens (tertiary/aromatic N) is 3. The minimum atomic E-state index is -0.719. The molecule has 1 amide bonds. The van der Waals surface area contributed by atoms with Crippen molar-refractivity contribution in [3.05, 3.63) is 35.9 Å². The summed E-state index contributed by atoms with van der Waals surface area (Å²) in [6, 6.07) is 9.78. The summed E-state index contributed by atoms with van der Waals surface area (Å²) in [5, 5.41) is 2.98. The Morgan fingerprint density at radius 1 is 1.26 bits per heavy atom. The quantitative estimate of drug-likeness (QED) is 0.875. The molecule has 0 bridgehead atoms. The van der Waals surface area contributed by atoms with Crippen molar-refractivity contribution in [3.63, 3.8) is 0 Å². The van der Waals surface area contributed by atoms with Crippen LogP contribution in [0.2, 0.25) is 0 Å². The lowest BCUT2D eigenvalue weighted by Crippen LogP contribution is -2.52. The molecule has 1 N–H and O–H groups in total. The zero-order valence-corrected chi connectivity index (χ0v) is 10.6. The SMILES string of the molecule is CCCC1(c2ccccc2)N=C2N=CN=C2C(=O)N1. The maximum absolute atomic E-state index is 12.1. The zero-order valence-electron chi connectivity index (χ0n) is 10.6. The molecule has 0 saturated carbocycles. The molecule has 1 aromatic carbocycles. The molecule has 19 heavy (non-hydrogen) atoms. The number of hydrogen-bond donors (Lipinski definition) is 1. The van der Waals surface area contributed by atoms with Crippen molar-refractivity contribution in [2.24, 2.45) is 15.0 Å². The van der Waals surface area contributed by atoms with E-state index >= 15 is 0 Å². The summed E-state index contributed by atoms with van der Waals surface area (Å²) < 4.78 is 0. The molecular weight excluding hydrogens is 240 g/mol. The minimum Gasteiger partial charge on any atom is -0.322 e. The Bertz CT molecular complexity index is 603. The normalized spacial score (nSPS) is 24.6. The number of amides is 1. The number of benzene rings is 1. The van der Waals surface area contributed by atoms with Crippen molar-refractivity contribution >= 4 is 23.8 Å². The molecule has 2 aliphatic rings. The molecule has 2 aliphatic heterocycles. The second kappa shape index (κ2) is 4.42. The number of hydrogen-bond acceptors (Lipinski definition) is 4. The number of aliphatic imine (C=N–C) groups is 3. The number of amidine groups is 1. The Hall–Kier alpha value is -2.30. The van der Waals surface area contributed by atoms with Crippen molar-refractivity contribution in [2.75, 3.05) is 0 Å². The van der Waals surface area contributed by atoms with Crippen molar-refractivity contribution in [1.29, 1.82) is 0 Å². The highest BCUT2D eigenvalue weighted by molar-refractivity contribution is 6.69. The summed E-state index contributed by atoms with van der Waals surface area (Å²) >= 11 is 0. The molecule has 3 rings (SSSR count). The van der Waals surface area contributed by atoms with Gasteiger partial charge in [0.2, 0.25) is 0 Å². The van der Waals surface area contributed by atoms with Gasteiger partial charge in [-0.3, -0.25) is 4.79 Å². The summed E-state index contributed by atoms with van der Waals surface area (Å²) in [4.78, 5) is 24.8. The number of rotatable bonds is 3. The molecule has 2 heterocycles. The van der Waals surface area contributed by atoms with Gasteiger partial charge in [-0.1, -0.05) is 43.7 Å². The highest BCUT2D eigenvalue weighted by Gasteiger charge is 2.40. The molecule has 0 saturated heterocycles. The Balaban J connectivity index is 2.12. The second-order valence-corrected chi connectivity index (χ2v) is 4.59. The molecule has 5 heteroatoms. The summed E-state index contributed by atoms with van der Waals surface area (Å²) in [6.45, 7) is 2.07. The molecule has 1 aromatic rings. The van der Waals surface area contributed by atoms with Gasteiger partial charge >= 0.3 is 0 Å². The Kier molecular flexibility index (Phi) is 2.74. The van der Waals surface area contributed by atoms with E-state index in [4.69, 9.17) is 0 Å². The van der Waals surface area contributed by atoms with Crippen LogP contribution in [0.4, 0.5) is 0 Å². The molecule has 1 atom stereocenters. The van der Waals surface area contributed by atoms with Gasteiger partial charge in [0.1, 0.15) is 6.34 Å². The van der Waals surface area contributed by atoms with Gasteiger partial charge in [-0.05, 0) is 12.0 Å². The first-order valence-electron chi connectivity index (χ1n) is 6.34. The van der Waals surface area contributed by atoms with Crippen molar-refractivity contribution in [1.82, 2.24) is 5.32 Å². The van der Waals surface area contributed by atoms with Crippen LogP contribution in [0.15, 0.2) is 45.3 Å². The van der Waals surface area contributed by atoms with E-state index in [1.807, 2.05) is 30.3 Å². The molecule has 0 radical (unpaired) electrons. The Morgan fingerprint density at radius 2 is 2.05 bits per heavy atom. The summed E-state index contributed by atoms with van der Waals surface area (Å²) in [5.41, 5.74) is 0.560. The third-order valence-electron chi connectivity index (χ3n) is 3.27. The van der Waals surface area contributed by atoms with Crippen LogP contribution in [0.5, 0.6) is 0 Å². The molecule has 96 valence electrons. The Labute approximate surface area is 111 Å². The van der Waals surface area contributed by atoms with Gasteiger partial charge in [-0.2, -0.15) is 0 Å². The molecule has 0 spiro atoms. The van der Waals surface area contributed by atoms with Crippen LogP contribution >= 0.6 is 0 Å². The van der Waals surface area contributed by atoms with Gasteiger partial charge in [-0.15, -0.1) is 0 Å². The third kappa shape index (κ3) is 1.87. The average Bonchev–Trinajstić information content (AvgIpc) is 2.89. The van der Waals surface area contributed by atoms with E-state index in [-0.39, 0.29) is 5.91 Å². The maximum atomic E-state index is 12.1. The number of fused-ring (bicyclic) bond motifs is 1. The molecule has 0 aromatic heterocycles. The van der Waals surface area contributed by atoms with Crippen molar-refractivity contribution in [3.8, 4) is 0 Å². The van der Waals surface area contributed by atoms with Crippen LogP contribution in [0, 0.1) is 0 Å². The monoisotopic (exact) mass is 254 g/mol. The standard InChI is InChI=1S/C14H14N4O/c1-2-8-14(10-6-4-3-5-7-10)17-12-11(13(19)18-14)15-9-16-12/h3-7,9H,2,8H2,1H3,(H,18,19). The molecule has 1 unspecified atom stereocenters. The van der Waals surface area contributed by atoms with E-state index in [2.05, 4.69) is 27.2 Å². The van der Waals surface area contributed by atoms with E-state index in [0.29, 0.717) is 11.5 Å². The number of nitrogens with one attached hydrogen (secondary N) is 1. The van der Waals surface area contributed by atoms with Crippen LogP contribution in [-0.4, -0.2) is 23.8 Å². The first kappa shape index (κ1) is 11.8. The summed E-state index contributed by atoms with van der Waals surface area (Å²) in [7, 11) is 0. The van der Waals surface area contributed by atoms with Gasteiger partial charge in [0.05, 0.1) is 0 Å². The molecule has 0 aliphatic carbocycles. The summed E-state index contributed by atoms with van der Waals surface area (Å²) in [5.74, 6) is 0.223. The van der Waals surface area contributed by atoms with Crippen LogP contribution in [0.3, 0.4) is 0 Å². The van der Waals surface area contributed by atoms with E-state index in [1.165, 1.54) is 6.34 Å². The van der Waals surface area contributed by atoms with Crippen LogP contribution in [0.25, 0.3) is 0 Å². The second-order valence-electron chi connectivity index (χ2n) is 4.59. The van der Waals surface area contributed by atoms with Crippen LogP contribution in [-0.2, 0) is 10.5 Å². The lowest BCUT2D eigenvalue weighted by Gasteiger charge is -2.34. The molecular formula is C14H14N4O. The largest absolute Gasteiger partial charge is 0.322 e. The van der Waals surface area contributed by atoms with E-state index < -0.39 is 5.66 Å². The third-order valence-corrected chi connectivity index (χ3v) is 3.27. The van der Waals surface area contributed by atoms with E-state index in [1.54, 1.807) is 0 Å². The van der Waals surface area contributed by atoms with Gasteiger partial charge in [0, 0.05) is 0 Å². The zero-order chi connectivity index (χ0) is 13.3. The summed E-state index contributed by atoms with van der Waals surface area (Å²) in [6.07, 6.45) is 3.01. The van der Waals surface area contributed by atoms with Gasteiger partial charge in [-0.25, -0.2) is 15.0 Å². The first-order valence-corrected chi connectivity index (χ1v) is 6.34. The maximum Gasteiger partial charge on any atom is 0.275 e. The van der Waals surface area contributed by atoms with E-state index in [9.17, 15) is 4.79 Å². The smallest absolute Gasteiger partial charge is 0.275 e. The fourth-order valence-electron chi connectivity index (χ4n) is 2.43. The van der Waals surface area contributed by atoms with E-state index in [0.717, 1.165) is 18.4 Å². The highest BCUT2D eigenvalue weighted by Crippen LogP contribution is 2.31. The fraction of sp³-hybridized carbons (Fsp3) is 0.286. The van der Waals surface area contributed by atoms with Gasteiger partial charge in [0.25, 0.3) is 5.91 Å². The van der Waals surface area contributed by atoms with Gasteiger partial charge in [0.15, 0.2) is 17.2 Å². The average molecular weight is 254 g/mol. The fourth-order valence-corrected chi connectivity index (χ4v) is 2.43. The predicted molar refractivity (Wildman–Crippen MR) is 74.5 cm³/mol. The lowest BCUT2D eigenvalue weighted by atomic mass is 9.93. The van der Waals surface area contributed by atoms with Crippen LogP contribution < -0.4 is 5.32 Å². The molecule has 0 fully saturated rings. The molecule has 5 nitrogen and oxygen atoms in total. The first-order chi connectivity index (χ1) is 9.25. The topological polar surface area (TPSA) is 66.2 Å². The Morgan fingerprint density at radius 3 is 2.79 bits per heavy atom. The minimum absolute atomic E-state index is 0.209. The number of carbonyl (C=O) groups excluding carboxylic acids is 1. The van der Waals surface area contributed by atoms with Crippen LogP contribution in [0.1, 0.15) is 25.3 Å².